The van der Waals surface area contributed by atoms with Crippen LogP contribution in [0, 0.1) is 86.3 Å². The number of hydrogen-bond donors (Lipinski definition) is 0. The van der Waals surface area contributed by atoms with Gasteiger partial charge in [-0.05, 0) is 171 Å². The Balaban J connectivity index is 0. The molecule has 0 bridgehead atoms. The van der Waals surface area contributed by atoms with Crippen molar-refractivity contribution in [2.45, 2.75) is 269 Å². The summed E-state index contributed by atoms with van der Waals surface area (Å²) in [6, 6.07) is 0. The molecule has 3 nitrogen and oxygen atoms in total. The van der Waals surface area contributed by atoms with Crippen LogP contribution in [-0.4, -0.2) is 48.9 Å². The van der Waals surface area contributed by atoms with E-state index >= 15 is 0 Å². The maximum absolute atomic E-state index is 11.3. The zero-order chi connectivity index (χ0) is 47.9. The van der Waals surface area contributed by atoms with Crippen LogP contribution in [0.25, 0.3) is 0 Å². The van der Waals surface area contributed by atoms with E-state index in [0.29, 0.717) is 33.5 Å². The van der Waals surface area contributed by atoms with Crippen molar-refractivity contribution in [2.24, 2.45) is 86.3 Å². The number of piperidine rings is 2. The largest absolute Gasteiger partial charge is 0.343 e. The van der Waals surface area contributed by atoms with Crippen LogP contribution >= 0.6 is 0 Å². The van der Waals surface area contributed by atoms with Crippen LogP contribution < -0.4 is 0 Å². The van der Waals surface area contributed by atoms with Crippen molar-refractivity contribution < 1.29 is 4.79 Å². The van der Waals surface area contributed by atoms with E-state index in [2.05, 4.69) is 150 Å². The normalized spacial score (nSPS) is 22.3. The highest BCUT2D eigenvalue weighted by atomic mass is 16.2. The summed E-state index contributed by atoms with van der Waals surface area (Å²) in [5, 5.41) is 0. The lowest BCUT2D eigenvalue weighted by molar-refractivity contribution is -0.132. The Hall–Kier alpha value is -0.570. The Morgan fingerprint density at radius 1 is 0.312 bits per heavy atom. The van der Waals surface area contributed by atoms with Gasteiger partial charge in [-0.25, -0.2) is 0 Å². The Kier molecular flexibility index (Phi) is 30.2. The summed E-state index contributed by atoms with van der Waals surface area (Å²) >= 11 is 0. The summed E-state index contributed by atoms with van der Waals surface area (Å²) in [5.74, 6) is 8.60. The number of rotatable bonds is 10. The minimum Gasteiger partial charge on any atom is -0.343 e. The van der Waals surface area contributed by atoms with Gasteiger partial charge in [0, 0.05) is 20.0 Å². The molecular weight excluding hydrogens is 777 g/mol. The molecule has 5 fully saturated rings. The summed E-state index contributed by atoms with van der Waals surface area (Å²) in [6.07, 6.45) is 24.2. The van der Waals surface area contributed by atoms with Crippen LogP contribution in [0.3, 0.4) is 0 Å². The van der Waals surface area contributed by atoms with Gasteiger partial charge in [0.2, 0.25) is 5.91 Å². The molecule has 0 radical (unpaired) electrons. The summed E-state index contributed by atoms with van der Waals surface area (Å²) in [7, 11) is 2.24. The minimum absolute atomic E-state index is 0. The second-order valence-electron chi connectivity index (χ2n) is 25.5. The van der Waals surface area contributed by atoms with Crippen molar-refractivity contribution >= 4 is 5.91 Å². The SMILES string of the molecule is C.C.CC(=O)N1CCC(C(C)C)(C(C)C)CC1.CC(C)C1(C(C)C)CCC1.CC(C)C1(C(C)C)CCCCC1.CC(C)C1(C(C)C)CCCCC1.CC(C)C1(C(C)C)CCN(C)CC1. The zero-order valence-electron chi connectivity index (χ0n) is 46.9. The highest BCUT2D eigenvalue weighted by molar-refractivity contribution is 5.73. The van der Waals surface area contributed by atoms with Crippen molar-refractivity contribution in [1.29, 1.82) is 0 Å². The fraction of sp³-hybridized carbons (Fsp3) is 0.984. The summed E-state index contributed by atoms with van der Waals surface area (Å²) < 4.78 is 0. The molecular formula is C61H126N2O. The molecule has 5 aliphatic rings. The maximum Gasteiger partial charge on any atom is 0.219 e. The summed E-state index contributed by atoms with van der Waals surface area (Å²) in [4.78, 5) is 15.7. The summed E-state index contributed by atoms with van der Waals surface area (Å²) in [6.45, 7) is 53.8. The second kappa shape index (κ2) is 29.5. The number of carbonyl (C=O) groups is 1. The first-order chi connectivity index (χ1) is 28.7. The predicted molar refractivity (Wildman–Crippen MR) is 292 cm³/mol. The van der Waals surface area contributed by atoms with Gasteiger partial charge < -0.3 is 9.80 Å². The van der Waals surface area contributed by atoms with E-state index in [1.165, 1.54) is 122 Å². The molecule has 0 spiro atoms. The van der Waals surface area contributed by atoms with Crippen molar-refractivity contribution in [3.05, 3.63) is 0 Å². The highest BCUT2D eigenvalue weighted by Crippen LogP contribution is 2.53. The lowest BCUT2D eigenvalue weighted by atomic mass is 9.56. The third kappa shape index (κ3) is 16.8. The monoisotopic (exact) mass is 903 g/mol. The van der Waals surface area contributed by atoms with E-state index < -0.39 is 0 Å². The predicted octanol–water partition coefficient (Wildman–Crippen LogP) is 19.2. The van der Waals surface area contributed by atoms with Crippen LogP contribution in [0.15, 0.2) is 0 Å². The minimum atomic E-state index is 0. The van der Waals surface area contributed by atoms with Crippen LogP contribution in [0.4, 0.5) is 0 Å². The zero-order valence-corrected chi connectivity index (χ0v) is 46.9. The second-order valence-corrected chi connectivity index (χ2v) is 25.5. The van der Waals surface area contributed by atoms with Gasteiger partial charge in [0.25, 0.3) is 0 Å². The van der Waals surface area contributed by atoms with Gasteiger partial charge in [-0.1, -0.05) is 198 Å². The van der Waals surface area contributed by atoms with Gasteiger partial charge in [0.05, 0.1) is 0 Å². The molecule has 0 aromatic carbocycles. The third-order valence-electron chi connectivity index (χ3n) is 20.4. The number of nitrogens with zero attached hydrogens (tertiary/aromatic N) is 2. The highest BCUT2D eigenvalue weighted by Gasteiger charge is 2.43. The number of carbonyl (C=O) groups excluding carboxylic acids is 1. The van der Waals surface area contributed by atoms with Crippen LogP contribution in [0.1, 0.15) is 269 Å². The first kappa shape index (κ1) is 65.5. The van der Waals surface area contributed by atoms with Gasteiger partial charge in [-0.3, -0.25) is 4.79 Å². The van der Waals surface area contributed by atoms with Gasteiger partial charge in [-0.2, -0.15) is 0 Å². The molecule has 2 saturated heterocycles. The molecule has 0 atom stereocenters. The van der Waals surface area contributed by atoms with Gasteiger partial charge >= 0.3 is 0 Å². The fourth-order valence-corrected chi connectivity index (χ4v) is 14.4. The van der Waals surface area contributed by atoms with E-state index in [4.69, 9.17) is 0 Å². The summed E-state index contributed by atoms with van der Waals surface area (Å²) in [5.41, 5.74) is 3.15. The average Bonchev–Trinajstić information content (AvgIpc) is 3.18. The quantitative estimate of drug-likeness (QED) is 0.218. The van der Waals surface area contributed by atoms with Crippen molar-refractivity contribution in [3.63, 3.8) is 0 Å². The number of likely N-dealkylation sites (tertiary alicyclic amines) is 2. The van der Waals surface area contributed by atoms with Gasteiger partial charge in [-0.15, -0.1) is 0 Å². The number of amides is 1. The molecule has 3 saturated carbocycles. The maximum atomic E-state index is 11.3. The molecule has 2 heterocycles. The Morgan fingerprint density at radius 3 is 0.656 bits per heavy atom. The van der Waals surface area contributed by atoms with E-state index in [0.717, 1.165) is 65.8 Å². The molecule has 0 aromatic rings. The Labute approximate surface area is 407 Å². The lowest BCUT2D eigenvalue weighted by Crippen LogP contribution is -2.46. The van der Waals surface area contributed by atoms with Gasteiger partial charge in [0.15, 0.2) is 0 Å². The molecule has 64 heavy (non-hydrogen) atoms. The van der Waals surface area contributed by atoms with Crippen molar-refractivity contribution in [1.82, 2.24) is 9.80 Å². The van der Waals surface area contributed by atoms with Crippen molar-refractivity contribution in [3.8, 4) is 0 Å². The lowest BCUT2D eigenvalue weighted by Gasteiger charge is -2.49. The van der Waals surface area contributed by atoms with E-state index in [-0.39, 0.29) is 20.8 Å². The van der Waals surface area contributed by atoms with Crippen LogP contribution in [-0.2, 0) is 4.79 Å². The van der Waals surface area contributed by atoms with E-state index in [1.54, 1.807) is 6.92 Å². The topological polar surface area (TPSA) is 23.6 Å². The molecule has 1 amide bonds. The first-order valence-electron chi connectivity index (χ1n) is 27.6. The molecule has 0 aromatic heterocycles. The molecule has 386 valence electrons. The third-order valence-corrected chi connectivity index (χ3v) is 20.4. The molecule has 3 aliphatic carbocycles. The van der Waals surface area contributed by atoms with Crippen LogP contribution in [0.5, 0.6) is 0 Å². The smallest absolute Gasteiger partial charge is 0.219 e. The van der Waals surface area contributed by atoms with E-state index in [1.807, 2.05) is 4.90 Å². The van der Waals surface area contributed by atoms with Gasteiger partial charge in [0.1, 0.15) is 0 Å². The Bertz CT molecular complexity index is 1090. The fourth-order valence-electron chi connectivity index (χ4n) is 14.4. The number of hydrogen-bond acceptors (Lipinski definition) is 2. The Morgan fingerprint density at radius 2 is 0.500 bits per heavy atom. The molecule has 3 heteroatoms. The molecule has 2 aliphatic heterocycles. The molecule has 0 N–H and O–H groups in total. The first-order valence-corrected chi connectivity index (χ1v) is 27.6. The molecule has 0 unspecified atom stereocenters. The van der Waals surface area contributed by atoms with Crippen molar-refractivity contribution in [2.75, 3.05) is 33.2 Å². The average molecular weight is 904 g/mol. The standard InChI is InChI=1S/C13H25NO.C12H25N.2C12H24.C10H20.2CH4/c1-10(2)13(11(3)4)6-8-14(9-7-13)12(5)15;1-10(2)12(11(3)4)6-8-13(5)9-7-12;2*1-10(2)12(11(3)4)8-6-5-7-9-12;1-8(2)10(9(3)4)6-5-7-10;;/h10-11H,6-9H2,1-5H3;10-11H,6-9H2,1-5H3;2*10-11H,5-9H2,1-4H3;8-9H,5-7H2,1-4H3;2*1H4. The van der Waals surface area contributed by atoms with E-state index in [9.17, 15) is 4.79 Å². The van der Waals surface area contributed by atoms with Crippen LogP contribution in [0.2, 0.25) is 0 Å². The molecule has 5 rings (SSSR count).